The summed E-state index contributed by atoms with van der Waals surface area (Å²) in [6, 6.07) is 5.75. The number of ether oxygens (including phenoxy) is 1. The Balaban J connectivity index is 1.03. The molecule has 1 aromatic carbocycles. The molecule has 38 heavy (non-hydrogen) atoms. The van der Waals surface area contributed by atoms with Crippen LogP contribution in [0.5, 0.6) is 0 Å². The van der Waals surface area contributed by atoms with Gasteiger partial charge in [0.15, 0.2) is 5.16 Å². The molecule has 0 unspecified atom stereocenters. The summed E-state index contributed by atoms with van der Waals surface area (Å²) < 4.78 is 46.1. The van der Waals surface area contributed by atoms with Crippen molar-refractivity contribution in [1.29, 1.82) is 0 Å². The van der Waals surface area contributed by atoms with Gasteiger partial charge in [-0.1, -0.05) is 23.9 Å². The first-order chi connectivity index (χ1) is 17.8. The van der Waals surface area contributed by atoms with E-state index in [2.05, 4.69) is 15.1 Å². The van der Waals surface area contributed by atoms with Gasteiger partial charge in [-0.15, -0.1) is 10.2 Å². The van der Waals surface area contributed by atoms with Crippen molar-refractivity contribution in [3.63, 3.8) is 0 Å². The molecule has 7 nitrogen and oxygen atoms in total. The van der Waals surface area contributed by atoms with Gasteiger partial charge >= 0.3 is 12.3 Å². The Hall–Kier alpha value is -2.27. The predicted molar refractivity (Wildman–Crippen MR) is 139 cm³/mol. The van der Waals surface area contributed by atoms with Crippen LogP contribution in [0.2, 0.25) is 0 Å². The molecule has 0 bridgehead atoms. The van der Waals surface area contributed by atoms with E-state index in [0.717, 1.165) is 61.2 Å². The van der Waals surface area contributed by atoms with Gasteiger partial charge in [-0.3, -0.25) is 0 Å². The first-order valence-corrected chi connectivity index (χ1v) is 14.2. The Morgan fingerprint density at radius 3 is 2.53 bits per heavy atom. The zero-order valence-electron chi connectivity index (χ0n) is 22.4. The highest BCUT2D eigenvalue weighted by molar-refractivity contribution is 7.99. The molecule has 1 aromatic heterocycles. The van der Waals surface area contributed by atoms with Crippen LogP contribution in [0.3, 0.4) is 0 Å². The van der Waals surface area contributed by atoms with E-state index in [1.807, 2.05) is 32.4 Å². The number of likely N-dealkylation sites (tertiary alicyclic amines) is 2. The van der Waals surface area contributed by atoms with Crippen LogP contribution in [0.25, 0.3) is 0 Å². The largest absolute Gasteiger partial charge is 0.444 e. The molecule has 2 atom stereocenters. The minimum atomic E-state index is -4.28. The highest BCUT2D eigenvalue weighted by Crippen LogP contribution is 2.64. The fraction of sp³-hybridized carbons (Fsp3) is 0.667. The highest BCUT2D eigenvalue weighted by Gasteiger charge is 2.57. The van der Waals surface area contributed by atoms with Gasteiger partial charge in [-0.2, -0.15) is 13.2 Å². The lowest BCUT2D eigenvalue weighted by Gasteiger charge is -2.39. The van der Waals surface area contributed by atoms with E-state index in [1.54, 1.807) is 28.8 Å². The molecule has 3 aliphatic rings. The summed E-state index contributed by atoms with van der Waals surface area (Å²) in [5, 5.41) is 9.65. The van der Waals surface area contributed by atoms with Crippen LogP contribution in [0.1, 0.15) is 68.8 Å². The normalized spacial score (nSPS) is 24.2. The maximum Gasteiger partial charge on any atom is 0.416 e. The van der Waals surface area contributed by atoms with Crippen LogP contribution in [-0.4, -0.2) is 74.7 Å². The van der Waals surface area contributed by atoms with Crippen molar-refractivity contribution in [2.75, 3.05) is 38.5 Å². The van der Waals surface area contributed by atoms with Crippen molar-refractivity contribution in [3.05, 3.63) is 41.2 Å². The minimum absolute atomic E-state index is 0.173. The molecule has 1 saturated carbocycles. The van der Waals surface area contributed by atoms with Gasteiger partial charge in [0.2, 0.25) is 0 Å². The number of carbonyl (C=O) groups is 1. The molecule has 2 aromatic rings. The monoisotopic (exact) mass is 551 g/mol. The SMILES string of the molecule is Cn1c(SCCCN2CC[C@@]3(C[C@H]3c3ccc(C(F)(F)F)cc3)C2)nnc1C1CN(C(=O)OC(C)(C)C)C1. The number of thioether (sulfide) groups is 1. The first kappa shape index (κ1) is 27.3. The highest BCUT2D eigenvalue weighted by atomic mass is 32.2. The lowest BCUT2D eigenvalue weighted by molar-refractivity contribution is -0.137. The molecule has 5 rings (SSSR count). The smallest absolute Gasteiger partial charge is 0.416 e. The molecule has 3 fully saturated rings. The number of aromatic nitrogens is 3. The molecule has 1 aliphatic carbocycles. The number of carbonyl (C=O) groups excluding carboxylic acids is 1. The Bertz CT molecular complexity index is 1160. The van der Waals surface area contributed by atoms with E-state index in [1.165, 1.54) is 12.1 Å². The predicted octanol–water partition coefficient (Wildman–Crippen LogP) is 5.53. The Morgan fingerprint density at radius 1 is 1.16 bits per heavy atom. The number of halogens is 3. The molecule has 1 spiro atoms. The standard InChI is InChI=1S/C27H36F3N5O2S/c1-25(2,3)37-24(36)35-15-19(16-35)22-31-32-23(33(22)4)38-13-5-11-34-12-10-26(17-34)14-21(26)18-6-8-20(9-7-18)27(28,29)30/h6-9,19,21H,5,10-17H2,1-4H3/t21-,26+/m0/s1. The van der Waals surface area contributed by atoms with E-state index >= 15 is 0 Å². The van der Waals surface area contributed by atoms with E-state index in [9.17, 15) is 18.0 Å². The van der Waals surface area contributed by atoms with Crippen LogP contribution in [-0.2, 0) is 18.0 Å². The maximum atomic E-state index is 12.9. The average molecular weight is 552 g/mol. The third-order valence-electron chi connectivity index (χ3n) is 7.91. The molecule has 2 aliphatic heterocycles. The second-order valence-corrected chi connectivity index (χ2v) is 13.0. The maximum absolute atomic E-state index is 12.9. The van der Waals surface area contributed by atoms with Gasteiger partial charge in [-0.25, -0.2) is 4.79 Å². The second-order valence-electron chi connectivity index (χ2n) is 11.9. The van der Waals surface area contributed by atoms with E-state index in [0.29, 0.717) is 19.0 Å². The van der Waals surface area contributed by atoms with Crippen LogP contribution < -0.4 is 0 Å². The van der Waals surface area contributed by atoms with Gasteiger partial charge in [0.1, 0.15) is 11.4 Å². The summed E-state index contributed by atoms with van der Waals surface area (Å²) in [6.07, 6.45) is -1.36. The molecular formula is C27H36F3N5O2S. The van der Waals surface area contributed by atoms with Crippen LogP contribution in [0.15, 0.2) is 29.4 Å². The molecule has 0 N–H and O–H groups in total. The third kappa shape index (κ3) is 5.83. The number of rotatable bonds is 7. The van der Waals surface area contributed by atoms with Crippen LogP contribution in [0.4, 0.5) is 18.0 Å². The topological polar surface area (TPSA) is 63.5 Å². The quantitative estimate of drug-likeness (QED) is 0.333. The Labute approximate surface area is 226 Å². The van der Waals surface area contributed by atoms with Gasteiger partial charge < -0.3 is 19.1 Å². The van der Waals surface area contributed by atoms with Crippen molar-refractivity contribution in [3.8, 4) is 0 Å². The Morgan fingerprint density at radius 2 is 1.87 bits per heavy atom. The Kier molecular flexibility index (Phi) is 7.21. The van der Waals surface area contributed by atoms with Gasteiger partial charge in [0, 0.05) is 32.4 Å². The zero-order chi connectivity index (χ0) is 27.3. The summed E-state index contributed by atoms with van der Waals surface area (Å²) in [4.78, 5) is 16.4. The fourth-order valence-electron chi connectivity index (χ4n) is 5.73. The van der Waals surface area contributed by atoms with Crippen LogP contribution >= 0.6 is 11.8 Å². The van der Waals surface area contributed by atoms with E-state index in [-0.39, 0.29) is 17.4 Å². The lowest BCUT2D eigenvalue weighted by atomic mass is 9.97. The van der Waals surface area contributed by atoms with Crippen molar-refractivity contribution >= 4 is 17.9 Å². The average Bonchev–Trinajstić information content (AvgIpc) is 3.15. The van der Waals surface area contributed by atoms with E-state index < -0.39 is 17.3 Å². The number of alkyl halides is 3. The first-order valence-electron chi connectivity index (χ1n) is 13.2. The third-order valence-corrected chi connectivity index (χ3v) is 9.02. The van der Waals surface area contributed by atoms with Crippen molar-refractivity contribution < 1.29 is 22.7 Å². The minimum Gasteiger partial charge on any atom is -0.444 e. The number of amides is 1. The summed E-state index contributed by atoms with van der Waals surface area (Å²) in [5.74, 6) is 2.38. The van der Waals surface area contributed by atoms with Crippen molar-refractivity contribution in [2.24, 2.45) is 12.5 Å². The second kappa shape index (κ2) is 10.0. The lowest BCUT2D eigenvalue weighted by Crippen LogP contribution is -2.50. The summed E-state index contributed by atoms with van der Waals surface area (Å²) in [7, 11) is 1.98. The summed E-state index contributed by atoms with van der Waals surface area (Å²) in [6.45, 7) is 9.85. The number of hydrogen-bond acceptors (Lipinski definition) is 6. The fourth-order valence-corrected chi connectivity index (χ4v) is 6.57. The van der Waals surface area contributed by atoms with Gasteiger partial charge in [-0.05, 0) is 82.2 Å². The van der Waals surface area contributed by atoms with Gasteiger partial charge in [0.25, 0.3) is 0 Å². The zero-order valence-corrected chi connectivity index (χ0v) is 23.2. The molecule has 1 amide bonds. The van der Waals surface area contributed by atoms with Crippen molar-refractivity contribution in [2.45, 2.75) is 68.8 Å². The van der Waals surface area contributed by atoms with Crippen LogP contribution in [0, 0.1) is 5.41 Å². The summed E-state index contributed by atoms with van der Waals surface area (Å²) in [5.41, 5.74) is 0.196. The molecule has 0 radical (unpaired) electrons. The summed E-state index contributed by atoms with van der Waals surface area (Å²) >= 11 is 1.70. The van der Waals surface area contributed by atoms with Crippen molar-refractivity contribution in [1.82, 2.24) is 24.6 Å². The van der Waals surface area contributed by atoms with Gasteiger partial charge in [0.05, 0.1) is 11.5 Å². The number of hydrogen-bond donors (Lipinski definition) is 0. The molecule has 11 heteroatoms. The number of benzene rings is 1. The molecule has 2 saturated heterocycles. The molecule has 3 heterocycles. The molecular weight excluding hydrogens is 515 g/mol. The molecule has 208 valence electrons. The van der Waals surface area contributed by atoms with E-state index in [4.69, 9.17) is 4.74 Å². The number of nitrogens with zero attached hydrogens (tertiary/aromatic N) is 5.